The van der Waals surface area contributed by atoms with Gasteiger partial charge in [-0.25, -0.2) is 0 Å². The zero-order chi connectivity index (χ0) is 12.3. The number of hydrogen-bond donors (Lipinski definition) is 2. The first kappa shape index (κ1) is 11.6. The maximum absolute atomic E-state index is 11.3. The average Bonchev–Trinajstić information content (AvgIpc) is 2.80. The van der Waals surface area contributed by atoms with E-state index >= 15 is 0 Å². The van der Waals surface area contributed by atoms with Crippen LogP contribution >= 0.6 is 11.8 Å². The monoisotopic (exact) mass is 248 g/mol. The van der Waals surface area contributed by atoms with E-state index in [2.05, 4.69) is 0 Å². The van der Waals surface area contributed by atoms with Gasteiger partial charge >= 0.3 is 0 Å². The van der Waals surface area contributed by atoms with Crippen LogP contribution in [0.1, 0.15) is 16.1 Å². The molecular weight excluding hydrogens is 236 g/mol. The first-order valence-corrected chi connectivity index (χ1v) is 6.00. The number of thioether (sulfide) groups is 1. The Morgan fingerprint density at radius 2 is 2.18 bits per heavy atom. The van der Waals surface area contributed by atoms with Crippen molar-refractivity contribution in [2.45, 2.75) is 10.6 Å². The number of nitrogen functional groups attached to an aromatic ring is 1. The summed E-state index contributed by atoms with van der Waals surface area (Å²) in [4.78, 5) is 12.1. The predicted molar refractivity (Wildman–Crippen MR) is 67.6 cm³/mol. The van der Waals surface area contributed by atoms with Gasteiger partial charge in [0.25, 0.3) is 0 Å². The van der Waals surface area contributed by atoms with E-state index in [1.54, 1.807) is 24.5 Å². The second-order valence-corrected chi connectivity index (χ2v) is 4.51. The third-order valence-electron chi connectivity index (χ3n) is 2.22. The summed E-state index contributed by atoms with van der Waals surface area (Å²) in [5, 5.41) is 0. The van der Waals surface area contributed by atoms with E-state index in [1.165, 1.54) is 11.8 Å². The Labute approximate surface area is 103 Å². The number of furan rings is 1. The summed E-state index contributed by atoms with van der Waals surface area (Å²) in [7, 11) is 0. The molecule has 4 N–H and O–H groups in total. The summed E-state index contributed by atoms with van der Waals surface area (Å²) >= 11 is 1.49. The first-order valence-electron chi connectivity index (χ1n) is 5.01. The molecule has 0 aliphatic rings. The average molecular weight is 248 g/mol. The molecule has 0 unspecified atom stereocenters. The van der Waals surface area contributed by atoms with Gasteiger partial charge in [0.1, 0.15) is 5.76 Å². The van der Waals surface area contributed by atoms with Crippen molar-refractivity contribution in [2.24, 2.45) is 5.73 Å². The van der Waals surface area contributed by atoms with Gasteiger partial charge in [-0.05, 0) is 30.3 Å². The second kappa shape index (κ2) is 4.97. The van der Waals surface area contributed by atoms with Gasteiger partial charge in [-0.3, -0.25) is 4.79 Å². The molecule has 0 aliphatic heterocycles. The lowest BCUT2D eigenvalue weighted by atomic mass is 10.2. The van der Waals surface area contributed by atoms with Gasteiger partial charge in [0.05, 0.1) is 17.6 Å². The van der Waals surface area contributed by atoms with Crippen LogP contribution in [0.25, 0.3) is 0 Å². The standard InChI is InChI=1S/C12H12N2O2S/c13-8-3-4-11(10(6-8)12(14)15)17-7-9-2-1-5-16-9/h1-6H,7,13H2,(H2,14,15). The molecule has 2 rings (SSSR count). The van der Waals surface area contributed by atoms with E-state index in [0.717, 1.165) is 10.7 Å². The SMILES string of the molecule is NC(=O)c1cc(N)ccc1SCc1ccco1. The van der Waals surface area contributed by atoms with Crippen LogP contribution in [0, 0.1) is 0 Å². The van der Waals surface area contributed by atoms with Crippen molar-refractivity contribution in [1.29, 1.82) is 0 Å². The highest BCUT2D eigenvalue weighted by Crippen LogP contribution is 2.27. The Balaban J connectivity index is 2.17. The van der Waals surface area contributed by atoms with Crippen molar-refractivity contribution in [3.63, 3.8) is 0 Å². The molecule has 1 heterocycles. The summed E-state index contributed by atoms with van der Waals surface area (Å²) in [5.41, 5.74) is 11.9. The van der Waals surface area contributed by atoms with Crippen molar-refractivity contribution in [3.8, 4) is 0 Å². The summed E-state index contributed by atoms with van der Waals surface area (Å²) in [6.45, 7) is 0. The lowest BCUT2D eigenvalue weighted by molar-refractivity contribution is 0.0997. The predicted octanol–water partition coefficient (Wildman–Crippen LogP) is 2.25. The minimum Gasteiger partial charge on any atom is -0.468 e. The molecule has 0 aliphatic carbocycles. The van der Waals surface area contributed by atoms with Gasteiger partial charge in [0.2, 0.25) is 5.91 Å². The maximum atomic E-state index is 11.3. The number of carbonyl (C=O) groups excluding carboxylic acids is 1. The van der Waals surface area contributed by atoms with E-state index in [0.29, 0.717) is 17.0 Å². The summed E-state index contributed by atoms with van der Waals surface area (Å²) in [5.74, 6) is 1.03. The molecule has 1 amide bonds. The molecule has 1 aromatic carbocycles. The molecule has 0 fully saturated rings. The van der Waals surface area contributed by atoms with E-state index in [1.807, 2.05) is 12.1 Å². The number of rotatable bonds is 4. The maximum Gasteiger partial charge on any atom is 0.249 e. The Morgan fingerprint density at radius 3 is 2.82 bits per heavy atom. The number of amides is 1. The number of anilines is 1. The number of benzene rings is 1. The van der Waals surface area contributed by atoms with Crippen molar-refractivity contribution in [2.75, 3.05) is 5.73 Å². The zero-order valence-electron chi connectivity index (χ0n) is 9.05. The molecule has 0 atom stereocenters. The van der Waals surface area contributed by atoms with Crippen molar-refractivity contribution in [1.82, 2.24) is 0 Å². The quantitative estimate of drug-likeness (QED) is 0.642. The summed E-state index contributed by atoms with van der Waals surface area (Å²) in [6.07, 6.45) is 1.62. The number of hydrogen-bond acceptors (Lipinski definition) is 4. The van der Waals surface area contributed by atoms with Crippen LogP contribution in [0.5, 0.6) is 0 Å². The van der Waals surface area contributed by atoms with Crippen LogP contribution < -0.4 is 11.5 Å². The highest BCUT2D eigenvalue weighted by molar-refractivity contribution is 7.98. The highest BCUT2D eigenvalue weighted by Gasteiger charge is 2.09. The first-order chi connectivity index (χ1) is 8.16. The van der Waals surface area contributed by atoms with Gasteiger partial charge in [-0.1, -0.05) is 0 Å². The van der Waals surface area contributed by atoms with Gasteiger partial charge < -0.3 is 15.9 Å². The fourth-order valence-electron chi connectivity index (χ4n) is 1.41. The van der Waals surface area contributed by atoms with Crippen molar-refractivity contribution < 1.29 is 9.21 Å². The molecule has 2 aromatic rings. The van der Waals surface area contributed by atoms with Crippen LogP contribution in [0.3, 0.4) is 0 Å². The molecule has 0 bridgehead atoms. The van der Waals surface area contributed by atoms with Crippen LogP contribution in [-0.4, -0.2) is 5.91 Å². The van der Waals surface area contributed by atoms with E-state index < -0.39 is 5.91 Å². The second-order valence-electron chi connectivity index (χ2n) is 3.49. The largest absolute Gasteiger partial charge is 0.468 e. The smallest absolute Gasteiger partial charge is 0.249 e. The van der Waals surface area contributed by atoms with Crippen LogP contribution in [0.2, 0.25) is 0 Å². The minimum absolute atomic E-state index is 0.446. The normalized spacial score (nSPS) is 10.4. The number of primary amides is 1. The fraction of sp³-hybridized carbons (Fsp3) is 0.0833. The third-order valence-corrected chi connectivity index (χ3v) is 3.31. The molecule has 17 heavy (non-hydrogen) atoms. The molecule has 4 nitrogen and oxygen atoms in total. The molecule has 5 heteroatoms. The Hall–Kier alpha value is -1.88. The van der Waals surface area contributed by atoms with Crippen LogP contribution in [0.15, 0.2) is 45.9 Å². The molecule has 0 saturated heterocycles. The van der Waals surface area contributed by atoms with E-state index in [4.69, 9.17) is 15.9 Å². The van der Waals surface area contributed by atoms with Gasteiger partial charge in [0.15, 0.2) is 0 Å². The van der Waals surface area contributed by atoms with Crippen molar-refractivity contribution >= 4 is 23.4 Å². The van der Waals surface area contributed by atoms with Crippen molar-refractivity contribution in [3.05, 3.63) is 47.9 Å². The fourth-order valence-corrected chi connectivity index (χ4v) is 2.35. The third kappa shape index (κ3) is 2.82. The molecule has 0 spiro atoms. The topological polar surface area (TPSA) is 82.2 Å². The van der Waals surface area contributed by atoms with Gasteiger partial charge in [-0.15, -0.1) is 11.8 Å². The van der Waals surface area contributed by atoms with Crippen LogP contribution in [-0.2, 0) is 5.75 Å². The molecule has 0 radical (unpaired) electrons. The molecule has 1 aromatic heterocycles. The summed E-state index contributed by atoms with van der Waals surface area (Å²) in [6, 6.07) is 8.84. The molecule has 88 valence electrons. The van der Waals surface area contributed by atoms with Gasteiger partial charge in [-0.2, -0.15) is 0 Å². The Kier molecular flexibility index (Phi) is 3.39. The van der Waals surface area contributed by atoms with Crippen LogP contribution in [0.4, 0.5) is 5.69 Å². The lowest BCUT2D eigenvalue weighted by Gasteiger charge is -2.06. The van der Waals surface area contributed by atoms with Gasteiger partial charge in [0, 0.05) is 10.6 Å². The zero-order valence-corrected chi connectivity index (χ0v) is 9.87. The summed E-state index contributed by atoms with van der Waals surface area (Å²) < 4.78 is 5.22. The Morgan fingerprint density at radius 1 is 1.35 bits per heavy atom. The number of nitrogens with two attached hydrogens (primary N) is 2. The molecule has 0 saturated carbocycles. The lowest BCUT2D eigenvalue weighted by Crippen LogP contribution is -2.12. The minimum atomic E-state index is -0.473. The molecular formula is C12H12N2O2S. The van der Waals surface area contributed by atoms with E-state index in [-0.39, 0.29) is 0 Å². The number of carbonyl (C=O) groups is 1. The highest BCUT2D eigenvalue weighted by atomic mass is 32.2. The Bertz CT molecular complexity index is 523. The van der Waals surface area contributed by atoms with E-state index in [9.17, 15) is 4.79 Å².